The number of benzene rings is 2. The fourth-order valence-electron chi connectivity index (χ4n) is 2.22. The molecular formula is C16H19O4P. The Morgan fingerprint density at radius 3 is 1.57 bits per heavy atom. The minimum Gasteiger partial charge on any atom is -0.378 e. The summed E-state index contributed by atoms with van der Waals surface area (Å²) in [4.78, 5) is 10.2. The van der Waals surface area contributed by atoms with Gasteiger partial charge in [-0.3, -0.25) is 4.57 Å². The zero-order valence-corrected chi connectivity index (χ0v) is 12.9. The Hall–Kier alpha value is -1.45. The van der Waals surface area contributed by atoms with Gasteiger partial charge in [-0.15, -0.1) is 0 Å². The maximum absolute atomic E-state index is 12.5. The highest BCUT2D eigenvalue weighted by Crippen LogP contribution is 2.63. The van der Waals surface area contributed by atoms with E-state index >= 15 is 0 Å². The summed E-state index contributed by atoms with van der Waals surface area (Å²) < 4.78 is 12.5. The van der Waals surface area contributed by atoms with Crippen LogP contribution in [0.5, 0.6) is 0 Å². The van der Waals surface area contributed by atoms with Crippen LogP contribution in [0.25, 0.3) is 0 Å². The molecule has 0 bridgehead atoms. The maximum atomic E-state index is 12.5. The van der Waals surface area contributed by atoms with Crippen LogP contribution in [0, 0.1) is 13.8 Å². The molecule has 2 aromatic rings. The van der Waals surface area contributed by atoms with E-state index in [4.69, 9.17) is 0 Å². The third-order valence-electron chi connectivity index (χ3n) is 3.38. The van der Waals surface area contributed by atoms with E-state index in [0.717, 1.165) is 11.1 Å². The second-order valence-electron chi connectivity index (χ2n) is 5.25. The quantitative estimate of drug-likeness (QED) is 0.758. The Bertz CT molecular complexity index is 628. The molecule has 0 aliphatic carbocycles. The topological polar surface area (TPSA) is 77.8 Å². The van der Waals surface area contributed by atoms with Crippen LogP contribution >= 0.6 is 7.37 Å². The predicted octanol–water partition coefficient (Wildman–Crippen LogP) is 3.26. The van der Waals surface area contributed by atoms with Crippen molar-refractivity contribution in [2.24, 2.45) is 0 Å². The van der Waals surface area contributed by atoms with Gasteiger partial charge in [-0.05, 0) is 25.0 Å². The molecule has 112 valence electrons. The van der Waals surface area contributed by atoms with E-state index in [1.807, 2.05) is 26.0 Å². The van der Waals surface area contributed by atoms with Crippen molar-refractivity contribution < 1.29 is 19.7 Å². The van der Waals surface area contributed by atoms with Crippen molar-refractivity contribution in [2.75, 3.05) is 0 Å². The second kappa shape index (κ2) is 6.12. The van der Waals surface area contributed by atoms with Crippen molar-refractivity contribution in [1.82, 2.24) is 0 Å². The number of aliphatic hydroxyl groups excluding tert-OH is 2. The summed E-state index contributed by atoms with van der Waals surface area (Å²) in [6, 6.07) is 13.5. The van der Waals surface area contributed by atoms with Gasteiger partial charge in [0.25, 0.3) is 7.37 Å². The molecule has 0 spiro atoms. The molecule has 2 rings (SSSR count). The minimum absolute atomic E-state index is 0.326. The number of rotatable bonds is 4. The van der Waals surface area contributed by atoms with Gasteiger partial charge < -0.3 is 15.1 Å². The van der Waals surface area contributed by atoms with Crippen molar-refractivity contribution in [3.8, 4) is 0 Å². The third kappa shape index (κ3) is 3.42. The molecule has 0 unspecified atom stereocenters. The minimum atomic E-state index is -4.25. The molecule has 0 aliphatic rings. The average molecular weight is 306 g/mol. The van der Waals surface area contributed by atoms with Gasteiger partial charge >= 0.3 is 0 Å². The summed E-state index contributed by atoms with van der Waals surface area (Å²) in [5.41, 5.74) is 2.40. The highest BCUT2D eigenvalue weighted by molar-refractivity contribution is 7.58. The normalized spacial score (nSPS) is 14.7. The molecule has 0 amide bonds. The van der Waals surface area contributed by atoms with E-state index in [1.54, 1.807) is 36.4 Å². The van der Waals surface area contributed by atoms with Crippen LogP contribution in [0.15, 0.2) is 48.5 Å². The van der Waals surface area contributed by atoms with Crippen LogP contribution in [-0.4, -0.2) is 15.1 Å². The van der Waals surface area contributed by atoms with Crippen LogP contribution in [0.2, 0.25) is 0 Å². The second-order valence-corrected chi connectivity index (χ2v) is 7.57. The van der Waals surface area contributed by atoms with Gasteiger partial charge in [0.05, 0.1) is 0 Å². The molecule has 4 nitrogen and oxygen atoms in total. The largest absolute Gasteiger partial charge is 0.378 e. The third-order valence-corrected chi connectivity index (χ3v) is 5.38. The first-order valence-corrected chi connectivity index (χ1v) is 8.43. The summed E-state index contributed by atoms with van der Waals surface area (Å²) in [6.07, 6.45) is 0. The van der Waals surface area contributed by atoms with Crippen LogP contribution in [0.3, 0.4) is 0 Å². The Labute approximate surface area is 124 Å². The standard InChI is InChI=1S/C16H19O4P/c1-11-5-3-7-13(9-11)15(17)21(19,20)16(18)14-8-4-6-12(2)10-14/h3-10,15-18H,1-2H3,(H,19,20)/t15-,16-/m0/s1. The molecule has 3 N–H and O–H groups in total. The Balaban J connectivity index is 2.34. The first-order valence-electron chi connectivity index (χ1n) is 6.64. The van der Waals surface area contributed by atoms with Gasteiger partial charge in [-0.25, -0.2) is 0 Å². The van der Waals surface area contributed by atoms with Crippen LogP contribution < -0.4 is 0 Å². The molecule has 2 atom stereocenters. The Morgan fingerprint density at radius 1 is 0.857 bits per heavy atom. The first-order chi connectivity index (χ1) is 9.82. The Morgan fingerprint density at radius 2 is 1.24 bits per heavy atom. The number of hydrogen-bond acceptors (Lipinski definition) is 3. The molecule has 5 heteroatoms. The molecule has 0 aliphatic heterocycles. The van der Waals surface area contributed by atoms with Crippen molar-refractivity contribution in [2.45, 2.75) is 25.5 Å². The van der Waals surface area contributed by atoms with Gasteiger partial charge in [0, 0.05) is 0 Å². The van der Waals surface area contributed by atoms with E-state index in [0.29, 0.717) is 11.1 Å². The van der Waals surface area contributed by atoms with E-state index in [1.165, 1.54) is 0 Å². The lowest BCUT2D eigenvalue weighted by Gasteiger charge is -2.24. The molecule has 0 heterocycles. The van der Waals surface area contributed by atoms with Crippen LogP contribution in [0.1, 0.15) is 33.9 Å². The lowest BCUT2D eigenvalue weighted by molar-refractivity contribution is 0.186. The SMILES string of the molecule is Cc1cccc([C@@H](O)P(=O)(O)[C@H](O)c2cccc(C)c2)c1. The highest BCUT2D eigenvalue weighted by atomic mass is 31.2. The summed E-state index contributed by atoms with van der Waals surface area (Å²) in [5.74, 6) is -3.24. The molecule has 2 aromatic carbocycles. The van der Waals surface area contributed by atoms with Crippen molar-refractivity contribution >= 4 is 7.37 Å². The molecule has 0 saturated carbocycles. The molecule has 0 fully saturated rings. The average Bonchev–Trinajstić information content (AvgIpc) is 2.45. The van der Waals surface area contributed by atoms with E-state index < -0.39 is 19.1 Å². The predicted molar refractivity (Wildman–Crippen MR) is 82.1 cm³/mol. The smallest absolute Gasteiger partial charge is 0.264 e. The molecule has 0 aromatic heterocycles. The molecule has 0 radical (unpaired) electrons. The fourth-order valence-corrected chi connectivity index (χ4v) is 3.67. The van der Waals surface area contributed by atoms with E-state index in [2.05, 4.69) is 0 Å². The van der Waals surface area contributed by atoms with Crippen molar-refractivity contribution in [1.29, 1.82) is 0 Å². The number of hydrogen-bond donors (Lipinski definition) is 3. The lowest BCUT2D eigenvalue weighted by atomic mass is 10.1. The van der Waals surface area contributed by atoms with Gasteiger partial charge in [0.2, 0.25) is 0 Å². The van der Waals surface area contributed by atoms with Gasteiger partial charge in [-0.1, -0.05) is 59.7 Å². The summed E-state index contributed by atoms with van der Waals surface area (Å²) in [5, 5.41) is 20.4. The van der Waals surface area contributed by atoms with Gasteiger partial charge in [0.15, 0.2) is 11.7 Å². The molecule has 21 heavy (non-hydrogen) atoms. The van der Waals surface area contributed by atoms with Crippen molar-refractivity contribution in [3.05, 3.63) is 70.8 Å². The summed E-state index contributed by atoms with van der Waals surface area (Å²) >= 11 is 0. The Kier molecular flexibility index (Phi) is 4.64. The highest BCUT2D eigenvalue weighted by Gasteiger charge is 2.39. The summed E-state index contributed by atoms with van der Waals surface area (Å²) in [7, 11) is -4.25. The van der Waals surface area contributed by atoms with E-state index in [9.17, 15) is 19.7 Å². The molecule has 0 saturated heterocycles. The van der Waals surface area contributed by atoms with Crippen molar-refractivity contribution in [3.63, 3.8) is 0 Å². The number of aliphatic hydroxyl groups is 2. The van der Waals surface area contributed by atoms with E-state index in [-0.39, 0.29) is 0 Å². The zero-order chi connectivity index (χ0) is 15.6. The summed E-state index contributed by atoms with van der Waals surface area (Å²) in [6.45, 7) is 3.66. The fraction of sp³-hybridized carbons (Fsp3) is 0.250. The first kappa shape index (κ1) is 15.9. The lowest BCUT2D eigenvalue weighted by Crippen LogP contribution is -2.07. The van der Waals surface area contributed by atoms with Gasteiger partial charge in [0.1, 0.15) is 0 Å². The van der Waals surface area contributed by atoms with Crippen LogP contribution in [0.4, 0.5) is 0 Å². The monoisotopic (exact) mass is 306 g/mol. The van der Waals surface area contributed by atoms with Gasteiger partial charge in [-0.2, -0.15) is 0 Å². The maximum Gasteiger partial charge on any atom is 0.264 e. The zero-order valence-electron chi connectivity index (χ0n) is 12.0. The molecular weight excluding hydrogens is 287 g/mol. The van der Waals surface area contributed by atoms with Crippen LogP contribution in [-0.2, 0) is 4.57 Å². The number of aryl methyl sites for hydroxylation is 2.